The predicted molar refractivity (Wildman–Crippen MR) is 19.9 cm³/mol. The van der Waals surface area contributed by atoms with Gasteiger partial charge in [0.2, 0.25) is 0 Å². The summed E-state index contributed by atoms with van der Waals surface area (Å²) in [7, 11) is 0. The topological polar surface area (TPSA) is 17.1 Å². The molecule has 0 aliphatic heterocycles. The van der Waals surface area contributed by atoms with Gasteiger partial charge >= 0.3 is 52.5 Å². The van der Waals surface area contributed by atoms with Crippen molar-refractivity contribution in [3.8, 4) is 0 Å². The van der Waals surface area contributed by atoms with Crippen molar-refractivity contribution < 1.29 is 29.2 Å². The normalized spacial score (nSPS) is 8.00. The van der Waals surface area contributed by atoms with E-state index in [-0.39, 0.29) is 0 Å². The SMILES string of the molecule is CCC[C](=O)[Hf]. The van der Waals surface area contributed by atoms with Crippen molar-refractivity contribution in [2.24, 2.45) is 0 Å². The second kappa shape index (κ2) is 3.72. The first-order valence-electron chi connectivity index (χ1n) is 2.01. The third kappa shape index (κ3) is 4.54. The van der Waals surface area contributed by atoms with Gasteiger partial charge in [-0.1, -0.05) is 0 Å². The van der Waals surface area contributed by atoms with Crippen LogP contribution < -0.4 is 0 Å². The van der Waals surface area contributed by atoms with Gasteiger partial charge in [0.25, 0.3) is 0 Å². The molecule has 0 radical (unpaired) electrons. The van der Waals surface area contributed by atoms with E-state index in [9.17, 15) is 4.79 Å². The molecule has 0 bridgehead atoms. The molecule has 1 nitrogen and oxygen atoms in total. The maximum absolute atomic E-state index is 10.1. The summed E-state index contributed by atoms with van der Waals surface area (Å²) in [5.74, 6) is 0. The zero-order valence-corrected chi connectivity index (χ0v) is 7.42. The van der Waals surface area contributed by atoms with E-state index in [4.69, 9.17) is 0 Å². The van der Waals surface area contributed by atoms with Crippen molar-refractivity contribution in [2.45, 2.75) is 19.8 Å². The first-order valence-corrected chi connectivity index (χ1v) is 3.81. The van der Waals surface area contributed by atoms with Crippen molar-refractivity contribution in [2.75, 3.05) is 0 Å². The number of hydrogen-bond donors (Lipinski definition) is 0. The molecule has 0 spiro atoms. The molecule has 0 rings (SSSR count). The van der Waals surface area contributed by atoms with Gasteiger partial charge in [-0.15, -0.1) is 0 Å². The summed E-state index contributed by atoms with van der Waals surface area (Å²) < 4.78 is 0.428. The van der Waals surface area contributed by atoms with Crippen LogP contribution in [-0.4, -0.2) is 3.54 Å². The second-order valence-corrected chi connectivity index (χ2v) is 3.18. The Kier molecular flexibility index (Phi) is 4.06. The second-order valence-electron chi connectivity index (χ2n) is 1.17. The van der Waals surface area contributed by atoms with Crippen LogP contribution in [0.4, 0.5) is 0 Å². The van der Waals surface area contributed by atoms with Crippen LogP contribution in [0.3, 0.4) is 0 Å². The molecule has 0 aromatic rings. The third-order valence-corrected chi connectivity index (χ3v) is 1.38. The van der Waals surface area contributed by atoms with E-state index in [0.717, 1.165) is 37.2 Å². The molecule has 0 aromatic heterocycles. The summed E-state index contributed by atoms with van der Waals surface area (Å²) in [6.45, 7) is 2.02. The van der Waals surface area contributed by atoms with E-state index < -0.39 is 0 Å². The minimum absolute atomic E-state index is 0.428. The van der Waals surface area contributed by atoms with E-state index in [2.05, 4.69) is 0 Å². The number of carbonyl (C=O) groups is 1. The van der Waals surface area contributed by atoms with Crippen molar-refractivity contribution in [1.82, 2.24) is 0 Å². The summed E-state index contributed by atoms with van der Waals surface area (Å²) in [4.78, 5) is 10.1. The van der Waals surface area contributed by atoms with Crippen LogP contribution >= 0.6 is 0 Å². The van der Waals surface area contributed by atoms with Gasteiger partial charge < -0.3 is 0 Å². The fraction of sp³-hybridized carbons (Fsp3) is 0.750. The van der Waals surface area contributed by atoms with Crippen LogP contribution in [0.2, 0.25) is 0 Å². The molecule has 0 saturated heterocycles. The standard InChI is InChI=1S/C4H7O.Hf/c1-2-3-4-5;/h2-3H2,1H3;. The van der Waals surface area contributed by atoms with Gasteiger partial charge in [-0.05, 0) is 0 Å². The molecule has 0 aromatic carbocycles. The van der Waals surface area contributed by atoms with Gasteiger partial charge in [0.05, 0.1) is 0 Å². The number of hydrogen-bond acceptors (Lipinski definition) is 1. The average Bonchev–Trinajstić information content (AvgIpc) is 1.35. The molecule has 0 saturated carbocycles. The molecule has 0 N–H and O–H groups in total. The first kappa shape index (κ1) is 6.54. The van der Waals surface area contributed by atoms with Gasteiger partial charge in [-0.25, -0.2) is 0 Å². The summed E-state index contributed by atoms with van der Waals surface area (Å²) in [5.41, 5.74) is 0. The van der Waals surface area contributed by atoms with Gasteiger partial charge in [-0.3, -0.25) is 0 Å². The summed E-state index contributed by atoms with van der Waals surface area (Å²) in [6, 6.07) is 0. The summed E-state index contributed by atoms with van der Waals surface area (Å²) in [6.07, 6.45) is 1.81. The molecule has 6 heavy (non-hydrogen) atoms. The molecule has 0 unspecified atom stereocenters. The van der Waals surface area contributed by atoms with E-state index >= 15 is 0 Å². The maximum atomic E-state index is 10.1. The van der Waals surface area contributed by atoms with Crippen molar-refractivity contribution >= 4 is 3.54 Å². The fourth-order valence-corrected chi connectivity index (χ4v) is 1.13. The Morgan fingerprint density at radius 1 is 1.83 bits per heavy atom. The van der Waals surface area contributed by atoms with Crippen LogP contribution in [0, 0.1) is 0 Å². The molecule has 0 aliphatic carbocycles. The Balaban J connectivity index is 2.83. The van der Waals surface area contributed by atoms with Gasteiger partial charge in [0, 0.05) is 0 Å². The van der Waals surface area contributed by atoms with Gasteiger partial charge in [0.15, 0.2) is 0 Å². The molecule has 0 heterocycles. The van der Waals surface area contributed by atoms with Gasteiger partial charge in [-0.2, -0.15) is 0 Å². The van der Waals surface area contributed by atoms with Crippen molar-refractivity contribution in [1.29, 1.82) is 0 Å². The zero-order chi connectivity index (χ0) is 4.99. The monoisotopic (exact) mass is 251 g/mol. The van der Waals surface area contributed by atoms with Gasteiger partial charge in [0.1, 0.15) is 0 Å². The summed E-state index contributed by atoms with van der Waals surface area (Å²) >= 11 is 0.740. The first-order chi connectivity index (χ1) is 2.77. The average molecular weight is 250 g/mol. The number of rotatable bonds is 2. The molecule has 0 fully saturated rings. The molecular formula is C4H7HfO. The van der Waals surface area contributed by atoms with Crippen LogP contribution in [0.25, 0.3) is 0 Å². The van der Waals surface area contributed by atoms with Crippen molar-refractivity contribution in [3.63, 3.8) is 0 Å². The Morgan fingerprint density at radius 2 is 2.33 bits per heavy atom. The minimum atomic E-state index is 0.428. The predicted octanol–water partition coefficient (Wildman–Crippen LogP) is 0.860. The Hall–Kier alpha value is 0.540. The zero-order valence-electron chi connectivity index (χ0n) is 3.82. The van der Waals surface area contributed by atoms with E-state index in [1.165, 1.54) is 0 Å². The Bertz CT molecular complexity index is 51.5. The molecule has 0 atom stereocenters. The number of carbonyl (C=O) groups excluding carboxylic acids is 1. The van der Waals surface area contributed by atoms with Crippen molar-refractivity contribution in [3.05, 3.63) is 0 Å². The van der Waals surface area contributed by atoms with Crippen LogP contribution in [0.5, 0.6) is 0 Å². The van der Waals surface area contributed by atoms with E-state index in [1.54, 1.807) is 0 Å². The van der Waals surface area contributed by atoms with E-state index in [1.807, 2.05) is 6.92 Å². The third-order valence-electron chi connectivity index (χ3n) is 0.477. The summed E-state index contributed by atoms with van der Waals surface area (Å²) in [5, 5.41) is 0. The van der Waals surface area contributed by atoms with E-state index in [0.29, 0.717) is 3.54 Å². The molecule has 2 heteroatoms. The van der Waals surface area contributed by atoms with Crippen LogP contribution in [0.15, 0.2) is 0 Å². The Labute approximate surface area is 52.7 Å². The quantitative estimate of drug-likeness (QED) is 0.664. The van der Waals surface area contributed by atoms with Crippen LogP contribution in [-0.2, 0) is 29.2 Å². The Morgan fingerprint density at radius 3 is 2.33 bits per heavy atom. The molecule has 0 amide bonds. The molecule has 0 aliphatic rings. The molecule has 33 valence electrons. The fourth-order valence-electron chi connectivity index (χ4n) is 0.227. The van der Waals surface area contributed by atoms with Crippen LogP contribution in [0.1, 0.15) is 19.8 Å². The molecular weight excluding hydrogens is 243 g/mol.